The summed E-state index contributed by atoms with van der Waals surface area (Å²) in [5.74, 6) is -1.14. The molecule has 1 aliphatic heterocycles. The van der Waals surface area contributed by atoms with Crippen LogP contribution >= 0.6 is 0 Å². The van der Waals surface area contributed by atoms with Gasteiger partial charge in [-0.05, 0) is 6.42 Å². The van der Waals surface area contributed by atoms with Gasteiger partial charge in [0.1, 0.15) is 6.04 Å². The molecule has 0 spiro atoms. The van der Waals surface area contributed by atoms with Gasteiger partial charge in [0.15, 0.2) is 0 Å². The Bertz CT molecular complexity index is 319. The maximum Gasteiger partial charge on any atom is 0.326 e. The van der Waals surface area contributed by atoms with Gasteiger partial charge in [-0.2, -0.15) is 0 Å². The number of carboxylic acid groups (broad SMARTS) is 1. The fraction of sp³-hybridized carbons (Fsp3) is 0.700. The maximum absolute atomic E-state index is 11.7. The van der Waals surface area contributed by atoms with Crippen molar-refractivity contribution in [3.8, 4) is 0 Å². The lowest BCUT2D eigenvalue weighted by atomic mass is 10.2. The largest absolute Gasteiger partial charge is 0.480 e. The summed E-state index contributed by atoms with van der Waals surface area (Å²) in [6, 6.07) is -1.31. The maximum atomic E-state index is 11.7. The minimum atomic E-state index is -1.05. The first-order valence-electron chi connectivity index (χ1n) is 5.59. The van der Waals surface area contributed by atoms with E-state index in [2.05, 4.69) is 10.6 Å². The standard InChI is InChI=1S/C10H17N3O4/c1-2-7(9(15)16)12-10(17)13-5-3-8(14)11-4-6-13/h7H,2-6H2,1H3,(H,11,14)(H,12,17)(H,15,16). The molecule has 1 saturated heterocycles. The van der Waals surface area contributed by atoms with Gasteiger partial charge in [-0.15, -0.1) is 0 Å². The number of amides is 3. The van der Waals surface area contributed by atoms with Crippen molar-refractivity contribution >= 4 is 17.9 Å². The molecule has 0 aromatic rings. The van der Waals surface area contributed by atoms with Crippen molar-refractivity contribution in [3.05, 3.63) is 0 Å². The molecule has 0 aliphatic carbocycles. The van der Waals surface area contributed by atoms with E-state index in [1.807, 2.05) is 0 Å². The van der Waals surface area contributed by atoms with Crippen LogP contribution in [0.25, 0.3) is 0 Å². The van der Waals surface area contributed by atoms with Gasteiger partial charge >= 0.3 is 12.0 Å². The zero-order valence-electron chi connectivity index (χ0n) is 9.73. The van der Waals surface area contributed by atoms with E-state index in [0.29, 0.717) is 26.1 Å². The van der Waals surface area contributed by atoms with E-state index in [1.54, 1.807) is 6.92 Å². The number of rotatable bonds is 3. The van der Waals surface area contributed by atoms with Crippen molar-refractivity contribution in [2.75, 3.05) is 19.6 Å². The zero-order valence-corrected chi connectivity index (χ0v) is 9.73. The molecular formula is C10H17N3O4. The lowest BCUT2D eigenvalue weighted by Gasteiger charge is -2.22. The molecular weight excluding hydrogens is 226 g/mol. The summed E-state index contributed by atoms with van der Waals surface area (Å²) >= 11 is 0. The number of carboxylic acids is 1. The Morgan fingerprint density at radius 2 is 2.24 bits per heavy atom. The fourth-order valence-corrected chi connectivity index (χ4v) is 1.55. The third-order valence-corrected chi connectivity index (χ3v) is 2.60. The quantitative estimate of drug-likeness (QED) is 0.615. The molecule has 1 fully saturated rings. The molecule has 17 heavy (non-hydrogen) atoms. The second kappa shape index (κ2) is 6.07. The molecule has 1 unspecified atom stereocenters. The van der Waals surface area contributed by atoms with Crippen LogP contribution < -0.4 is 10.6 Å². The van der Waals surface area contributed by atoms with Crippen molar-refractivity contribution in [3.63, 3.8) is 0 Å². The third-order valence-electron chi connectivity index (χ3n) is 2.60. The molecule has 0 aromatic heterocycles. The Kier molecular flexibility index (Phi) is 4.74. The molecule has 1 rings (SSSR count). The Morgan fingerprint density at radius 3 is 2.82 bits per heavy atom. The van der Waals surface area contributed by atoms with Crippen molar-refractivity contribution in [2.24, 2.45) is 0 Å². The molecule has 3 N–H and O–H groups in total. The molecule has 0 bridgehead atoms. The van der Waals surface area contributed by atoms with Crippen molar-refractivity contribution in [1.29, 1.82) is 0 Å². The number of hydrogen-bond donors (Lipinski definition) is 3. The van der Waals surface area contributed by atoms with Gasteiger partial charge in [-0.1, -0.05) is 6.92 Å². The number of nitrogens with zero attached hydrogens (tertiary/aromatic N) is 1. The van der Waals surface area contributed by atoms with Crippen LogP contribution in [0.4, 0.5) is 4.79 Å². The normalized spacial score (nSPS) is 17.9. The van der Waals surface area contributed by atoms with Crippen molar-refractivity contribution in [2.45, 2.75) is 25.8 Å². The monoisotopic (exact) mass is 243 g/mol. The summed E-state index contributed by atoms with van der Waals surface area (Å²) < 4.78 is 0. The van der Waals surface area contributed by atoms with Gasteiger partial charge in [0, 0.05) is 26.1 Å². The average Bonchev–Trinajstić information content (AvgIpc) is 2.50. The number of aliphatic carboxylic acids is 1. The molecule has 3 amide bonds. The van der Waals surface area contributed by atoms with Crippen molar-refractivity contribution in [1.82, 2.24) is 15.5 Å². The molecule has 7 nitrogen and oxygen atoms in total. The second-order valence-corrected chi connectivity index (χ2v) is 3.84. The highest BCUT2D eigenvalue weighted by Gasteiger charge is 2.23. The van der Waals surface area contributed by atoms with Crippen LogP contribution in [0.5, 0.6) is 0 Å². The SMILES string of the molecule is CCC(NC(=O)N1CCNC(=O)CC1)C(=O)O. The minimum absolute atomic E-state index is 0.0921. The molecule has 96 valence electrons. The van der Waals surface area contributed by atoms with E-state index in [-0.39, 0.29) is 12.3 Å². The third kappa shape index (κ3) is 3.93. The predicted octanol–water partition coefficient (Wildman–Crippen LogP) is -0.619. The van der Waals surface area contributed by atoms with E-state index < -0.39 is 18.0 Å². The smallest absolute Gasteiger partial charge is 0.326 e. The van der Waals surface area contributed by atoms with Crippen LogP contribution in [-0.4, -0.2) is 53.6 Å². The van der Waals surface area contributed by atoms with Crippen LogP contribution in [0.3, 0.4) is 0 Å². The lowest BCUT2D eigenvalue weighted by molar-refractivity contribution is -0.139. The van der Waals surface area contributed by atoms with E-state index in [9.17, 15) is 14.4 Å². The number of carbonyl (C=O) groups excluding carboxylic acids is 2. The topological polar surface area (TPSA) is 98.7 Å². The van der Waals surface area contributed by atoms with Gasteiger partial charge in [0.05, 0.1) is 0 Å². The Morgan fingerprint density at radius 1 is 1.53 bits per heavy atom. The summed E-state index contributed by atoms with van der Waals surface area (Å²) in [5.41, 5.74) is 0. The first-order valence-corrected chi connectivity index (χ1v) is 5.59. The Labute approximate surface area is 99.2 Å². The molecule has 1 heterocycles. The van der Waals surface area contributed by atoms with Gasteiger partial charge in [-0.25, -0.2) is 9.59 Å². The first-order chi connectivity index (χ1) is 8.04. The lowest BCUT2D eigenvalue weighted by Crippen LogP contribution is -2.48. The van der Waals surface area contributed by atoms with Gasteiger partial charge in [0.25, 0.3) is 0 Å². The van der Waals surface area contributed by atoms with Gasteiger partial charge < -0.3 is 20.6 Å². The number of urea groups is 1. The highest BCUT2D eigenvalue weighted by molar-refractivity contribution is 5.83. The Hall–Kier alpha value is -1.79. The fourth-order valence-electron chi connectivity index (χ4n) is 1.55. The van der Waals surface area contributed by atoms with Gasteiger partial charge in [0.2, 0.25) is 5.91 Å². The number of carbonyl (C=O) groups is 3. The van der Waals surface area contributed by atoms with Crippen LogP contribution in [0.15, 0.2) is 0 Å². The number of hydrogen-bond acceptors (Lipinski definition) is 3. The summed E-state index contributed by atoms with van der Waals surface area (Å²) in [7, 11) is 0. The zero-order chi connectivity index (χ0) is 12.8. The van der Waals surface area contributed by atoms with E-state index in [1.165, 1.54) is 4.90 Å². The minimum Gasteiger partial charge on any atom is -0.480 e. The second-order valence-electron chi connectivity index (χ2n) is 3.84. The first kappa shape index (κ1) is 13.3. The predicted molar refractivity (Wildman–Crippen MR) is 59.4 cm³/mol. The van der Waals surface area contributed by atoms with Crippen molar-refractivity contribution < 1.29 is 19.5 Å². The van der Waals surface area contributed by atoms with Crippen LogP contribution in [0.2, 0.25) is 0 Å². The Balaban J connectivity index is 2.51. The molecule has 7 heteroatoms. The summed E-state index contributed by atoms with van der Waals surface area (Å²) in [4.78, 5) is 35.0. The molecule has 0 saturated carbocycles. The highest BCUT2D eigenvalue weighted by atomic mass is 16.4. The molecule has 1 atom stereocenters. The van der Waals surface area contributed by atoms with E-state index in [0.717, 1.165) is 0 Å². The summed E-state index contributed by atoms with van der Waals surface area (Å²) in [6.45, 7) is 2.80. The average molecular weight is 243 g/mol. The van der Waals surface area contributed by atoms with Crippen LogP contribution in [-0.2, 0) is 9.59 Å². The highest BCUT2D eigenvalue weighted by Crippen LogP contribution is 1.99. The molecule has 1 aliphatic rings. The molecule has 0 radical (unpaired) electrons. The molecule has 0 aromatic carbocycles. The van der Waals surface area contributed by atoms with Crippen LogP contribution in [0.1, 0.15) is 19.8 Å². The summed E-state index contributed by atoms with van der Waals surface area (Å²) in [6.07, 6.45) is 0.573. The summed E-state index contributed by atoms with van der Waals surface area (Å²) in [5, 5.41) is 13.9. The number of nitrogens with one attached hydrogen (secondary N) is 2. The van der Waals surface area contributed by atoms with Gasteiger partial charge in [-0.3, -0.25) is 4.79 Å². The van der Waals surface area contributed by atoms with E-state index in [4.69, 9.17) is 5.11 Å². The van der Waals surface area contributed by atoms with Crippen LogP contribution in [0, 0.1) is 0 Å². The van der Waals surface area contributed by atoms with E-state index >= 15 is 0 Å².